The summed E-state index contributed by atoms with van der Waals surface area (Å²) in [5.74, 6) is 0. The zero-order chi connectivity index (χ0) is 40.3. The second-order valence-electron chi connectivity index (χ2n) is 14.2. The molecule has 3 N–H and O–H groups in total. The van der Waals surface area contributed by atoms with Crippen LogP contribution in [-0.4, -0.2) is 75.4 Å². The Morgan fingerprint density at radius 2 is 1.05 bits per heavy atom. The van der Waals surface area contributed by atoms with Crippen LogP contribution in [0.25, 0.3) is 43.6 Å². The molecule has 2 fully saturated rings. The molecule has 0 unspecified atom stereocenters. The van der Waals surface area contributed by atoms with Gasteiger partial charge in [0.1, 0.15) is 0 Å². The number of hydrogen-bond acceptors (Lipinski definition) is 4. The third-order valence-corrected chi connectivity index (χ3v) is 11.1. The smallest absolute Gasteiger partial charge is 0.391 e. The summed E-state index contributed by atoms with van der Waals surface area (Å²) < 4.78 is 121. The number of nitrogens with one attached hydrogen (secondary N) is 1. The molecule has 300 valence electrons. The quantitative estimate of drug-likeness (QED) is 0.155. The molecular weight excluding hydrogens is 798 g/mol. The van der Waals surface area contributed by atoms with E-state index in [-0.39, 0.29) is 23.4 Å². The Balaban J connectivity index is 0.000000172. The van der Waals surface area contributed by atoms with Crippen molar-refractivity contribution in [3.05, 3.63) is 94.0 Å². The van der Waals surface area contributed by atoms with E-state index in [9.17, 15) is 49.7 Å². The highest BCUT2D eigenvalue weighted by Gasteiger charge is 2.36. The first-order valence-corrected chi connectivity index (χ1v) is 18.5. The summed E-state index contributed by atoms with van der Waals surface area (Å²) in [5, 5.41) is 27.4. The van der Waals surface area contributed by atoms with Gasteiger partial charge in [0.25, 0.3) is 0 Å². The predicted molar refractivity (Wildman–Crippen MR) is 198 cm³/mol. The number of aromatic nitrogens is 2. The van der Waals surface area contributed by atoms with Gasteiger partial charge in [-0.1, -0.05) is 23.2 Å². The first-order valence-electron chi connectivity index (χ1n) is 17.8. The highest BCUT2D eigenvalue weighted by atomic mass is 35.5. The summed E-state index contributed by atoms with van der Waals surface area (Å²) in [6.07, 6.45) is -14.8. The number of benzene rings is 4. The third kappa shape index (κ3) is 8.16. The average Bonchev–Trinajstić information content (AvgIpc) is 3.62. The number of rotatable bonds is 4. The lowest BCUT2D eigenvalue weighted by molar-refractivity contribution is -0.140. The zero-order valence-corrected chi connectivity index (χ0v) is 30.8. The van der Waals surface area contributed by atoms with Crippen LogP contribution in [0, 0.1) is 0 Å². The average molecular weight is 834 g/mol. The van der Waals surface area contributed by atoms with Gasteiger partial charge in [-0.15, -0.1) is 0 Å². The van der Waals surface area contributed by atoms with Gasteiger partial charge in [-0.05, 0) is 92.2 Å². The van der Waals surface area contributed by atoms with Gasteiger partial charge in [-0.3, -0.25) is 0 Å². The van der Waals surface area contributed by atoms with Gasteiger partial charge in [0.15, 0.2) is 0 Å². The number of likely N-dealkylation sites (tertiary alicyclic amines) is 1. The molecule has 17 heteroatoms. The van der Waals surface area contributed by atoms with Gasteiger partial charge in [-0.2, -0.15) is 39.5 Å². The maximum atomic E-state index is 13.2. The van der Waals surface area contributed by atoms with E-state index in [4.69, 9.17) is 23.2 Å². The Labute approximate surface area is 324 Å². The SMILES string of the molecule is O[C@@H]1CCN(CCC(F)(F)F)C[C@H]1n1c2ccc(Cl)cc2c2cc(Cl)ccc21.O[C@@H]1CCNC[C@H]1n1c2ccc(C(F)(F)F)cc2c2cc(C(F)(F)F)ccc21. The minimum atomic E-state index is -4.61. The minimum absolute atomic E-state index is 0.0679. The molecule has 56 heavy (non-hydrogen) atoms. The molecule has 6 nitrogen and oxygen atoms in total. The summed E-state index contributed by atoms with van der Waals surface area (Å²) in [6.45, 7) is 1.68. The maximum Gasteiger partial charge on any atom is 0.416 e. The summed E-state index contributed by atoms with van der Waals surface area (Å²) in [7, 11) is 0. The van der Waals surface area contributed by atoms with Crippen LogP contribution in [0.3, 0.4) is 0 Å². The fourth-order valence-electron chi connectivity index (χ4n) is 7.94. The molecule has 4 aromatic carbocycles. The predicted octanol–water partition coefficient (Wildman–Crippen LogP) is 10.4. The molecule has 2 aliphatic rings. The van der Waals surface area contributed by atoms with Crippen molar-refractivity contribution >= 4 is 66.8 Å². The molecule has 2 saturated heterocycles. The van der Waals surface area contributed by atoms with Gasteiger partial charge in [0.2, 0.25) is 0 Å². The van der Waals surface area contributed by atoms with E-state index < -0.39 is 54.3 Å². The van der Waals surface area contributed by atoms with Crippen molar-refractivity contribution in [1.82, 2.24) is 19.4 Å². The lowest BCUT2D eigenvalue weighted by Gasteiger charge is -2.37. The van der Waals surface area contributed by atoms with Crippen molar-refractivity contribution in [2.75, 3.05) is 32.7 Å². The van der Waals surface area contributed by atoms with E-state index in [2.05, 4.69) is 5.32 Å². The Bertz CT molecular complexity index is 2260. The molecule has 8 rings (SSSR count). The molecular formula is C39H35Cl2F9N4O2. The molecule has 4 atom stereocenters. The monoisotopic (exact) mass is 832 g/mol. The van der Waals surface area contributed by atoms with Crippen LogP contribution >= 0.6 is 23.2 Å². The Kier molecular flexibility index (Phi) is 11.0. The summed E-state index contributed by atoms with van der Waals surface area (Å²) in [6, 6.07) is 16.2. The van der Waals surface area contributed by atoms with Crippen molar-refractivity contribution in [3.63, 3.8) is 0 Å². The van der Waals surface area contributed by atoms with E-state index in [1.54, 1.807) is 21.6 Å². The molecule has 0 amide bonds. The molecule has 6 aromatic rings. The normalized spacial score (nSPS) is 21.6. The van der Waals surface area contributed by atoms with E-state index in [1.807, 2.05) is 28.8 Å². The molecule has 0 bridgehead atoms. The number of nitrogens with zero attached hydrogens (tertiary/aromatic N) is 3. The van der Waals surface area contributed by atoms with E-state index >= 15 is 0 Å². The van der Waals surface area contributed by atoms with E-state index in [0.29, 0.717) is 60.1 Å². The maximum absolute atomic E-state index is 13.2. The second-order valence-corrected chi connectivity index (χ2v) is 15.1. The number of piperidine rings is 2. The van der Waals surface area contributed by atoms with Crippen LogP contribution in [0.2, 0.25) is 10.0 Å². The van der Waals surface area contributed by atoms with Crippen molar-refractivity contribution in [2.24, 2.45) is 0 Å². The van der Waals surface area contributed by atoms with E-state index in [0.717, 1.165) is 46.1 Å². The largest absolute Gasteiger partial charge is 0.416 e. The second kappa shape index (κ2) is 15.2. The lowest BCUT2D eigenvalue weighted by Crippen LogP contribution is -2.45. The molecule has 2 aliphatic heterocycles. The first kappa shape index (κ1) is 40.5. The van der Waals surface area contributed by atoms with Crippen molar-refractivity contribution < 1.29 is 49.7 Å². The third-order valence-electron chi connectivity index (χ3n) is 10.6. The number of aliphatic hydroxyl groups is 2. The van der Waals surface area contributed by atoms with Crippen molar-refractivity contribution in [1.29, 1.82) is 0 Å². The first-order chi connectivity index (χ1) is 26.3. The van der Waals surface area contributed by atoms with E-state index in [1.165, 1.54) is 12.1 Å². The number of hydrogen-bond donors (Lipinski definition) is 3. The van der Waals surface area contributed by atoms with Crippen LogP contribution in [-0.2, 0) is 12.4 Å². The minimum Gasteiger partial charge on any atom is -0.391 e. The van der Waals surface area contributed by atoms with Gasteiger partial charge < -0.3 is 29.6 Å². The molecule has 0 aliphatic carbocycles. The Morgan fingerprint density at radius 3 is 1.52 bits per heavy atom. The van der Waals surface area contributed by atoms with Crippen LogP contribution in [0.1, 0.15) is 42.5 Å². The number of halogens is 11. The van der Waals surface area contributed by atoms with Crippen LogP contribution in [0.15, 0.2) is 72.8 Å². The number of fused-ring (bicyclic) bond motifs is 6. The zero-order valence-electron chi connectivity index (χ0n) is 29.3. The van der Waals surface area contributed by atoms with Gasteiger partial charge in [0, 0.05) is 79.8 Å². The molecule has 2 aromatic heterocycles. The highest BCUT2D eigenvalue weighted by molar-refractivity contribution is 6.33. The van der Waals surface area contributed by atoms with Gasteiger partial charge in [-0.25, -0.2) is 0 Å². The molecule has 0 saturated carbocycles. The fraction of sp³-hybridized carbons (Fsp3) is 0.385. The Hall–Kier alpha value is -3.73. The van der Waals surface area contributed by atoms with Crippen molar-refractivity contribution in [2.45, 2.75) is 62.1 Å². The summed E-state index contributed by atoms with van der Waals surface area (Å²) in [5.41, 5.74) is 0.606. The lowest BCUT2D eigenvalue weighted by atomic mass is 10.0. The molecule has 0 spiro atoms. The number of aliphatic hydroxyl groups excluding tert-OH is 2. The topological polar surface area (TPSA) is 65.6 Å². The van der Waals surface area contributed by atoms with Crippen LogP contribution < -0.4 is 5.32 Å². The van der Waals surface area contributed by atoms with Crippen LogP contribution in [0.5, 0.6) is 0 Å². The highest BCUT2D eigenvalue weighted by Crippen LogP contribution is 2.41. The van der Waals surface area contributed by atoms with Crippen molar-refractivity contribution in [3.8, 4) is 0 Å². The van der Waals surface area contributed by atoms with Crippen LogP contribution in [0.4, 0.5) is 39.5 Å². The summed E-state index contributed by atoms with van der Waals surface area (Å²) >= 11 is 12.4. The fourth-order valence-corrected chi connectivity index (χ4v) is 8.28. The standard InChI is InChI=1S/C20H19Cl2F3N2O.C19H16F6N2O/c21-12-1-3-16-14(9-12)15-10-13(22)2-4-17(15)27(16)18-11-26(7-5-19(18)28)8-6-20(23,24)25;20-18(21,22)10-1-3-14-12(7-10)13-8-11(19(23,24)25)2-4-15(13)27(14)16-9-26-6-5-17(16)28/h1-4,9-10,18-19,28H,5-8,11H2;1-4,7-8,16-17,26,28H,5-6,9H2/t18-,19-;16-,17-/m11/s1. The molecule has 4 heterocycles. The number of alkyl halides is 9. The van der Waals surface area contributed by atoms with Gasteiger partial charge >= 0.3 is 18.5 Å². The van der Waals surface area contributed by atoms with Gasteiger partial charge in [0.05, 0.1) is 41.8 Å². The summed E-state index contributed by atoms with van der Waals surface area (Å²) in [4.78, 5) is 1.77. The Morgan fingerprint density at radius 1 is 0.607 bits per heavy atom. The molecule has 0 radical (unpaired) electrons.